The summed E-state index contributed by atoms with van der Waals surface area (Å²) in [6.07, 6.45) is 0. The molecule has 0 aliphatic carbocycles. The largest absolute Gasteiger partial charge is 0.497 e. The molecule has 140 valence electrons. The van der Waals surface area contributed by atoms with Gasteiger partial charge in [-0.25, -0.2) is 14.7 Å². The predicted octanol–water partition coefficient (Wildman–Crippen LogP) is 3.39. The molecule has 4 rings (SSSR count). The van der Waals surface area contributed by atoms with E-state index in [1.165, 1.54) is 19.2 Å². The smallest absolute Gasteiger partial charge is 0.339 e. The lowest BCUT2D eigenvalue weighted by atomic mass is 10.1. The van der Waals surface area contributed by atoms with Gasteiger partial charge in [0.15, 0.2) is 0 Å². The number of imide groups is 2. The van der Waals surface area contributed by atoms with E-state index in [-0.39, 0.29) is 17.4 Å². The monoisotopic (exact) mass is 395 g/mol. The van der Waals surface area contributed by atoms with E-state index in [4.69, 9.17) is 16.3 Å². The number of ether oxygens (including phenoxy) is 1. The fraction of sp³-hybridized carbons (Fsp3) is 0.100. The van der Waals surface area contributed by atoms with E-state index < -0.39 is 17.8 Å². The van der Waals surface area contributed by atoms with Crippen LogP contribution in [0.15, 0.2) is 54.6 Å². The first-order chi connectivity index (χ1) is 13.5. The summed E-state index contributed by atoms with van der Waals surface area (Å²) in [5.41, 5.74) is 1.46. The van der Waals surface area contributed by atoms with Crippen molar-refractivity contribution < 1.29 is 19.1 Å². The summed E-state index contributed by atoms with van der Waals surface area (Å²) < 4.78 is 5.07. The van der Waals surface area contributed by atoms with Crippen LogP contribution in [-0.4, -0.2) is 34.8 Å². The van der Waals surface area contributed by atoms with Crippen LogP contribution in [0.5, 0.6) is 5.75 Å². The van der Waals surface area contributed by atoms with E-state index in [1.807, 2.05) is 24.3 Å². The Labute approximate surface area is 165 Å². The highest BCUT2D eigenvalue weighted by molar-refractivity contribution is 6.52. The maximum absolute atomic E-state index is 12.8. The molecule has 2 heterocycles. The summed E-state index contributed by atoms with van der Waals surface area (Å²) in [6, 6.07) is 14.7. The molecule has 1 aliphatic heterocycles. The minimum absolute atomic E-state index is 0.146. The number of anilines is 1. The Kier molecular flexibility index (Phi) is 4.44. The first kappa shape index (κ1) is 17.9. The lowest BCUT2D eigenvalue weighted by molar-refractivity contribution is -0.139. The van der Waals surface area contributed by atoms with Crippen molar-refractivity contribution in [2.45, 2.75) is 6.54 Å². The van der Waals surface area contributed by atoms with Crippen molar-refractivity contribution >= 4 is 46.0 Å². The number of carbonyl (C=O) groups is 3. The third kappa shape index (κ3) is 2.95. The molecule has 3 aromatic rings. The standard InChI is InChI=1S/C20H14ClN3O4/c1-28-15-8-6-14(7-9-15)24-19(26)18(25)23(20(24)27)11-13-10-12-4-2-3-5-16(12)22-17(13)21/h2-10H,11H2,1H3. The number of fused-ring (bicyclic) bond motifs is 1. The van der Waals surface area contributed by atoms with Crippen LogP contribution >= 0.6 is 11.6 Å². The molecule has 0 N–H and O–H groups in total. The number of aromatic nitrogens is 1. The maximum atomic E-state index is 12.8. The summed E-state index contributed by atoms with van der Waals surface area (Å²) in [5, 5.41) is 0.994. The molecule has 0 saturated carbocycles. The van der Waals surface area contributed by atoms with E-state index in [2.05, 4.69) is 4.98 Å². The molecule has 1 fully saturated rings. The van der Waals surface area contributed by atoms with Gasteiger partial charge in [-0.15, -0.1) is 0 Å². The molecule has 0 spiro atoms. The number of para-hydroxylation sites is 1. The van der Waals surface area contributed by atoms with Crippen LogP contribution in [0.3, 0.4) is 0 Å². The highest BCUT2D eigenvalue weighted by atomic mass is 35.5. The van der Waals surface area contributed by atoms with Crippen molar-refractivity contribution in [2.75, 3.05) is 12.0 Å². The number of hydrogen-bond donors (Lipinski definition) is 0. The Morgan fingerprint density at radius 2 is 1.71 bits per heavy atom. The Morgan fingerprint density at radius 1 is 1.00 bits per heavy atom. The number of pyridine rings is 1. The van der Waals surface area contributed by atoms with E-state index in [0.29, 0.717) is 16.8 Å². The summed E-state index contributed by atoms with van der Waals surface area (Å²) in [4.78, 5) is 43.6. The summed E-state index contributed by atoms with van der Waals surface area (Å²) in [6.45, 7) is -0.146. The molecule has 0 atom stereocenters. The van der Waals surface area contributed by atoms with E-state index >= 15 is 0 Å². The van der Waals surface area contributed by atoms with Gasteiger partial charge in [0.05, 0.1) is 24.9 Å². The lowest BCUT2D eigenvalue weighted by Gasteiger charge is -2.16. The fourth-order valence-corrected chi connectivity index (χ4v) is 3.23. The van der Waals surface area contributed by atoms with Crippen LogP contribution in [0.2, 0.25) is 5.15 Å². The van der Waals surface area contributed by atoms with Crippen molar-refractivity contribution in [1.29, 1.82) is 0 Å². The fourth-order valence-electron chi connectivity index (χ4n) is 3.02. The lowest BCUT2D eigenvalue weighted by Crippen LogP contribution is -2.33. The quantitative estimate of drug-likeness (QED) is 0.384. The number of hydrogen-bond acceptors (Lipinski definition) is 5. The average Bonchev–Trinajstić information content (AvgIpc) is 2.92. The number of benzene rings is 2. The Bertz CT molecular complexity index is 1110. The second-order valence-electron chi connectivity index (χ2n) is 6.14. The van der Waals surface area contributed by atoms with Gasteiger partial charge in [-0.2, -0.15) is 0 Å². The summed E-state index contributed by atoms with van der Waals surface area (Å²) >= 11 is 6.23. The molecule has 2 aromatic carbocycles. The average molecular weight is 396 g/mol. The van der Waals surface area contributed by atoms with Crippen LogP contribution in [0.25, 0.3) is 10.9 Å². The predicted molar refractivity (Wildman–Crippen MR) is 103 cm³/mol. The highest BCUT2D eigenvalue weighted by Gasteiger charge is 2.45. The van der Waals surface area contributed by atoms with Crippen molar-refractivity contribution in [3.8, 4) is 5.75 Å². The first-order valence-corrected chi connectivity index (χ1v) is 8.75. The number of methoxy groups -OCH3 is 1. The molecule has 0 radical (unpaired) electrons. The van der Waals surface area contributed by atoms with Gasteiger partial charge in [0, 0.05) is 10.9 Å². The van der Waals surface area contributed by atoms with Gasteiger partial charge in [0.1, 0.15) is 10.9 Å². The van der Waals surface area contributed by atoms with Gasteiger partial charge in [-0.3, -0.25) is 14.5 Å². The SMILES string of the molecule is COc1ccc(N2C(=O)C(=O)N(Cc3cc4ccccc4nc3Cl)C2=O)cc1. The van der Waals surface area contributed by atoms with Crippen LogP contribution in [0, 0.1) is 0 Å². The zero-order valence-electron chi connectivity index (χ0n) is 14.8. The van der Waals surface area contributed by atoms with Gasteiger partial charge in [-0.1, -0.05) is 29.8 Å². The van der Waals surface area contributed by atoms with Crippen molar-refractivity contribution in [2.24, 2.45) is 0 Å². The zero-order valence-corrected chi connectivity index (χ0v) is 15.5. The molecule has 28 heavy (non-hydrogen) atoms. The number of carbonyl (C=O) groups excluding carboxylic acids is 3. The van der Waals surface area contributed by atoms with E-state index in [1.54, 1.807) is 18.2 Å². The number of nitrogens with zero attached hydrogens (tertiary/aromatic N) is 3. The zero-order chi connectivity index (χ0) is 19.8. The van der Waals surface area contributed by atoms with E-state index in [9.17, 15) is 14.4 Å². The van der Waals surface area contributed by atoms with Gasteiger partial charge < -0.3 is 4.74 Å². The maximum Gasteiger partial charge on any atom is 0.339 e. The molecule has 0 unspecified atom stereocenters. The highest BCUT2D eigenvalue weighted by Crippen LogP contribution is 2.28. The van der Waals surface area contributed by atoms with Crippen LogP contribution in [-0.2, 0) is 16.1 Å². The second-order valence-corrected chi connectivity index (χ2v) is 6.50. The number of amides is 4. The topological polar surface area (TPSA) is 79.8 Å². The summed E-state index contributed by atoms with van der Waals surface area (Å²) in [5.74, 6) is -1.26. The normalized spacial score (nSPS) is 14.3. The molecule has 1 aliphatic rings. The molecular formula is C20H14ClN3O4. The third-order valence-corrected chi connectivity index (χ3v) is 4.79. The Balaban J connectivity index is 1.65. The van der Waals surface area contributed by atoms with Crippen molar-refractivity contribution in [1.82, 2.24) is 9.88 Å². The first-order valence-electron chi connectivity index (χ1n) is 8.37. The number of rotatable bonds is 4. The van der Waals surface area contributed by atoms with Gasteiger partial charge in [0.25, 0.3) is 0 Å². The summed E-state index contributed by atoms with van der Waals surface area (Å²) in [7, 11) is 1.51. The van der Waals surface area contributed by atoms with Gasteiger partial charge in [-0.05, 0) is 36.4 Å². The number of halogens is 1. The minimum Gasteiger partial charge on any atom is -0.497 e. The van der Waals surface area contributed by atoms with E-state index in [0.717, 1.165) is 15.2 Å². The van der Waals surface area contributed by atoms with Gasteiger partial charge >= 0.3 is 17.8 Å². The third-order valence-electron chi connectivity index (χ3n) is 4.46. The van der Waals surface area contributed by atoms with Crippen molar-refractivity contribution in [3.63, 3.8) is 0 Å². The molecule has 0 bridgehead atoms. The Morgan fingerprint density at radius 3 is 2.43 bits per heavy atom. The molecule has 1 saturated heterocycles. The molecule has 8 heteroatoms. The van der Waals surface area contributed by atoms with Crippen molar-refractivity contribution in [3.05, 3.63) is 65.3 Å². The van der Waals surface area contributed by atoms with Gasteiger partial charge in [0.2, 0.25) is 0 Å². The van der Waals surface area contributed by atoms with Crippen LogP contribution in [0.4, 0.5) is 10.5 Å². The number of urea groups is 1. The molecule has 1 aromatic heterocycles. The van der Waals surface area contributed by atoms with Crippen LogP contribution < -0.4 is 9.64 Å². The molecular weight excluding hydrogens is 382 g/mol. The molecule has 7 nitrogen and oxygen atoms in total. The second kappa shape index (κ2) is 6.94. The molecule has 4 amide bonds. The van der Waals surface area contributed by atoms with Crippen LogP contribution in [0.1, 0.15) is 5.56 Å². The minimum atomic E-state index is -0.917. The Hall–Kier alpha value is -3.45.